The molecule has 2 N–H and O–H groups in total. The van der Waals surface area contributed by atoms with E-state index in [-0.39, 0.29) is 31.5 Å². The molecule has 10 heteroatoms. The molecule has 0 saturated carbocycles. The molecule has 0 aromatic rings. The molecule has 0 spiro atoms. The molecule has 3 unspecified atom stereocenters. The number of carbonyl (C=O) groups excluding carboxylic acids is 2. The van der Waals surface area contributed by atoms with E-state index in [9.17, 15) is 19.0 Å². The van der Waals surface area contributed by atoms with Crippen LogP contribution in [0.25, 0.3) is 0 Å². The third-order valence-corrected chi connectivity index (χ3v) is 17.3. The maximum atomic E-state index is 13.6. The highest BCUT2D eigenvalue weighted by Crippen LogP contribution is 2.43. The van der Waals surface area contributed by atoms with Gasteiger partial charge in [-0.25, -0.2) is 4.57 Å². The van der Waals surface area contributed by atoms with Gasteiger partial charge in [-0.15, -0.1) is 0 Å². The monoisotopic (exact) mass is 1240 g/mol. The minimum Gasteiger partial charge on any atom is -0.456 e. The Hall–Kier alpha value is -2.81. The Morgan fingerprint density at radius 1 is 0.414 bits per heavy atom. The van der Waals surface area contributed by atoms with E-state index in [0.29, 0.717) is 17.4 Å². The van der Waals surface area contributed by atoms with E-state index in [0.717, 1.165) is 89.9 Å². The van der Waals surface area contributed by atoms with Gasteiger partial charge in [-0.2, -0.15) is 0 Å². The molecule has 0 saturated heterocycles. The summed E-state index contributed by atoms with van der Waals surface area (Å²) in [5, 5.41) is 3.08. The molecule has 0 heterocycles. The Labute approximate surface area is 539 Å². The number of esters is 1. The number of unbranched alkanes of at least 4 members (excludes halogenated alkanes) is 39. The molecule has 9 nitrogen and oxygen atoms in total. The number of carbonyl (C=O) groups is 2. The van der Waals surface area contributed by atoms with Crippen molar-refractivity contribution in [1.82, 2.24) is 5.32 Å². The predicted molar refractivity (Wildman–Crippen MR) is 378 cm³/mol. The van der Waals surface area contributed by atoms with Crippen molar-refractivity contribution >= 4 is 19.7 Å². The molecule has 0 rings (SSSR count). The molecular weight excluding hydrogens is 1100 g/mol. The Morgan fingerprint density at radius 3 is 1.11 bits per heavy atom. The zero-order valence-electron chi connectivity index (χ0n) is 58.0. The molecule has 0 fully saturated rings. The number of rotatable bonds is 67. The van der Waals surface area contributed by atoms with E-state index in [1.807, 2.05) is 33.3 Å². The number of phosphoric acid groups is 1. The van der Waals surface area contributed by atoms with Gasteiger partial charge >= 0.3 is 13.8 Å². The van der Waals surface area contributed by atoms with Crippen LogP contribution in [0.1, 0.15) is 342 Å². The molecule has 0 radical (unpaired) electrons. The van der Waals surface area contributed by atoms with Crippen molar-refractivity contribution in [3.63, 3.8) is 0 Å². The summed E-state index contributed by atoms with van der Waals surface area (Å²) >= 11 is 0. The highest BCUT2D eigenvalue weighted by molar-refractivity contribution is 7.47. The summed E-state index contributed by atoms with van der Waals surface area (Å²) < 4.78 is 30.9. The summed E-state index contributed by atoms with van der Waals surface area (Å²) in [6.07, 6.45) is 88.8. The van der Waals surface area contributed by atoms with Crippen LogP contribution in [0.3, 0.4) is 0 Å². The normalized spacial score (nSPS) is 14.0. The van der Waals surface area contributed by atoms with Gasteiger partial charge in [-0.05, 0) is 102 Å². The third-order valence-electron chi connectivity index (χ3n) is 16.3. The fourth-order valence-electron chi connectivity index (χ4n) is 10.7. The number of ether oxygens (including phenoxy) is 1. The second kappa shape index (κ2) is 66.1. The number of hydrogen-bond donors (Lipinski definition) is 2. The molecule has 0 aliphatic carbocycles. The minimum absolute atomic E-state index is 0.0382. The van der Waals surface area contributed by atoms with E-state index in [1.165, 1.54) is 218 Å². The maximum absolute atomic E-state index is 13.6. The average Bonchev–Trinajstić information content (AvgIpc) is 3.70. The molecule has 0 aliphatic rings. The van der Waals surface area contributed by atoms with Gasteiger partial charge in [0.25, 0.3) is 0 Å². The van der Waals surface area contributed by atoms with Gasteiger partial charge in [0.1, 0.15) is 19.3 Å². The lowest BCUT2D eigenvalue weighted by atomic mass is 10.0. The first-order valence-electron chi connectivity index (χ1n) is 36.9. The lowest BCUT2D eigenvalue weighted by Gasteiger charge is -2.27. The summed E-state index contributed by atoms with van der Waals surface area (Å²) in [5.41, 5.74) is 0. The Balaban J connectivity index is 5.06. The summed E-state index contributed by atoms with van der Waals surface area (Å²) in [6.45, 7) is 6.93. The maximum Gasteiger partial charge on any atom is 0.472 e. The van der Waals surface area contributed by atoms with Crippen molar-refractivity contribution in [2.45, 2.75) is 354 Å². The first-order valence-corrected chi connectivity index (χ1v) is 38.4. The molecule has 87 heavy (non-hydrogen) atoms. The number of nitrogens with one attached hydrogen (secondary N) is 1. The number of nitrogens with zero attached hydrogens (tertiary/aromatic N) is 1. The van der Waals surface area contributed by atoms with Crippen molar-refractivity contribution in [2.24, 2.45) is 0 Å². The summed E-state index contributed by atoms with van der Waals surface area (Å²) in [6, 6.07) is -0.854. The fraction of sp³-hybridized carbons (Fsp3) is 0.792. The van der Waals surface area contributed by atoms with Crippen molar-refractivity contribution in [3.8, 4) is 0 Å². The number of quaternary nitrogens is 1. The number of amides is 1. The Kier molecular flexibility index (Phi) is 64.0. The lowest BCUT2D eigenvalue weighted by molar-refractivity contribution is -0.870. The molecule has 0 aliphatic heterocycles. The molecule has 506 valence electrons. The van der Waals surface area contributed by atoms with Gasteiger partial charge in [-0.1, -0.05) is 312 Å². The number of likely N-dealkylation sites (N-methyl/N-ethyl adjacent to an activating group) is 1. The van der Waals surface area contributed by atoms with Gasteiger partial charge < -0.3 is 19.4 Å². The first kappa shape index (κ1) is 84.2. The third kappa shape index (κ3) is 67.4. The smallest absolute Gasteiger partial charge is 0.456 e. The van der Waals surface area contributed by atoms with E-state index in [4.69, 9.17) is 13.8 Å². The van der Waals surface area contributed by atoms with Crippen molar-refractivity contribution < 1.29 is 37.3 Å². The second-order valence-corrected chi connectivity index (χ2v) is 27.5. The fourth-order valence-corrected chi connectivity index (χ4v) is 11.4. The van der Waals surface area contributed by atoms with Crippen LogP contribution in [0.15, 0.2) is 85.1 Å². The first-order chi connectivity index (χ1) is 42.4. The van der Waals surface area contributed by atoms with Crippen LogP contribution in [0.2, 0.25) is 0 Å². The van der Waals surface area contributed by atoms with Gasteiger partial charge in [-0.3, -0.25) is 18.6 Å². The SMILES string of the molecule is CC/C=C\C/C=C\C/C=C\C/C=C\C/C=C\CCCCCCCCCCCCCC(=O)OC(/C=C\CCCCCCCCCCCCC)C(COP(=O)(O)OCC[N+](C)(C)C)NC(=O)CCCCCCCCCCCCC/C=C/CCCCCCCC. The zero-order chi connectivity index (χ0) is 63.5. The van der Waals surface area contributed by atoms with Crippen molar-refractivity contribution in [2.75, 3.05) is 40.9 Å². The van der Waals surface area contributed by atoms with Crippen LogP contribution >= 0.6 is 7.82 Å². The van der Waals surface area contributed by atoms with Gasteiger partial charge in [0.2, 0.25) is 5.91 Å². The topological polar surface area (TPSA) is 111 Å². The largest absolute Gasteiger partial charge is 0.472 e. The van der Waals surface area contributed by atoms with Crippen molar-refractivity contribution in [3.05, 3.63) is 85.1 Å². The number of phosphoric ester groups is 1. The van der Waals surface area contributed by atoms with Crippen molar-refractivity contribution in [1.29, 1.82) is 0 Å². The Morgan fingerprint density at radius 2 is 0.736 bits per heavy atom. The lowest BCUT2D eigenvalue weighted by Crippen LogP contribution is -2.47. The summed E-state index contributed by atoms with van der Waals surface area (Å²) in [5.74, 6) is -0.499. The van der Waals surface area contributed by atoms with Crippen LogP contribution in [-0.4, -0.2) is 74.3 Å². The molecular formula is C77H142N2O7P+. The van der Waals surface area contributed by atoms with Gasteiger partial charge in [0.15, 0.2) is 0 Å². The average molecular weight is 1240 g/mol. The molecule has 0 bridgehead atoms. The number of hydrogen-bond acceptors (Lipinski definition) is 6. The minimum atomic E-state index is -4.46. The van der Waals surface area contributed by atoms with Gasteiger partial charge in [0, 0.05) is 12.8 Å². The van der Waals surface area contributed by atoms with E-state index in [2.05, 4.69) is 99.0 Å². The van der Waals surface area contributed by atoms with Crippen LogP contribution < -0.4 is 5.32 Å². The summed E-state index contributed by atoms with van der Waals surface area (Å²) in [4.78, 5) is 38.0. The van der Waals surface area contributed by atoms with Crippen LogP contribution in [-0.2, 0) is 27.9 Å². The zero-order valence-corrected chi connectivity index (χ0v) is 58.9. The van der Waals surface area contributed by atoms with Gasteiger partial charge in [0.05, 0.1) is 33.8 Å². The predicted octanol–water partition coefficient (Wildman–Crippen LogP) is 23.7. The van der Waals surface area contributed by atoms with Crippen LogP contribution in [0, 0.1) is 0 Å². The van der Waals surface area contributed by atoms with E-state index < -0.39 is 20.0 Å². The molecule has 1 amide bonds. The molecule has 0 aromatic heterocycles. The second-order valence-electron chi connectivity index (χ2n) is 26.1. The highest BCUT2D eigenvalue weighted by Gasteiger charge is 2.30. The van der Waals surface area contributed by atoms with Crippen LogP contribution in [0.5, 0.6) is 0 Å². The number of allylic oxidation sites excluding steroid dienone is 13. The molecule has 3 atom stereocenters. The summed E-state index contributed by atoms with van der Waals surface area (Å²) in [7, 11) is 1.50. The van der Waals surface area contributed by atoms with E-state index >= 15 is 0 Å². The Bertz CT molecular complexity index is 1760. The molecule has 0 aromatic carbocycles. The quantitative estimate of drug-likeness (QED) is 0.0205. The van der Waals surface area contributed by atoms with Crippen LogP contribution in [0.4, 0.5) is 0 Å². The van der Waals surface area contributed by atoms with E-state index in [1.54, 1.807) is 0 Å². The highest BCUT2D eigenvalue weighted by atomic mass is 31.2. The standard InChI is InChI=1S/C77H141N2O7P/c1-7-10-13-16-19-22-25-28-30-32-34-36-37-38-39-40-41-43-45-47-49-52-55-58-61-64-67-70-77(81)86-75(68-65-62-59-56-53-50-27-24-21-18-15-12-9-3)74(73-85-87(82,83)84-72-71-79(4,5)6)78-76(80)69-66-63-60-57-54-51-48-46-44-42-35-33-31-29-26-23-20-17-14-11-8-2/h10,13,19,22,28-31,34,36,38-39,65,68,74-75H,7-9,11-12,14-18,20-21,23-27,32-33,35,37,40-64,66-67,69-73H2,1-6H3,(H-,78,80,82,83)/p+1/b13-10-,22-19-,30-28-,31-29+,36-34-,39-38-,68-65-.